The van der Waals surface area contributed by atoms with Gasteiger partial charge in [-0.1, -0.05) is 42.5 Å². The van der Waals surface area contributed by atoms with Crippen LogP contribution >= 0.6 is 0 Å². The summed E-state index contributed by atoms with van der Waals surface area (Å²) < 4.78 is 0. The molecule has 0 atom stereocenters. The molecule has 0 saturated heterocycles. The van der Waals surface area contributed by atoms with Crippen LogP contribution in [0.5, 0.6) is 0 Å². The number of aldehydes is 1. The van der Waals surface area contributed by atoms with Crippen LogP contribution in [0, 0.1) is 6.92 Å². The Labute approximate surface area is 261 Å². The van der Waals surface area contributed by atoms with Crippen molar-refractivity contribution in [2.75, 3.05) is 38.0 Å². The molecule has 0 aliphatic carbocycles. The highest BCUT2D eigenvalue weighted by Gasteiger charge is 2.01. The lowest BCUT2D eigenvalue weighted by molar-refractivity contribution is 0.112. The molecule has 9 nitrogen and oxygen atoms in total. The Kier molecular flexibility index (Phi) is 10.7. The van der Waals surface area contributed by atoms with Crippen LogP contribution in [0.3, 0.4) is 0 Å². The molecule has 0 fully saturated rings. The van der Waals surface area contributed by atoms with Gasteiger partial charge in [0.1, 0.15) is 17.7 Å². The quantitative estimate of drug-likeness (QED) is 0.235. The van der Waals surface area contributed by atoms with Gasteiger partial charge in [0.2, 0.25) is 0 Å². The molecule has 228 valence electrons. The van der Waals surface area contributed by atoms with E-state index in [1.54, 1.807) is 13.0 Å². The number of H-pyrrole nitrogens is 2. The van der Waals surface area contributed by atoms with E-state index >= 15 is 0 Å². The van der Waals surface area contributed by atoms with Gasteiger partial charge in [0, 0.05) is 45.1 Å². The number of carbonyl (C=O) groups excluding carboxylic acids is 1. The molecule has 0 amide bonds. The fourth-order valence-electron chi connectivity index (χ4n) is 4.19. The predicted octanol–water partition coefficient (Wildman–Crippen LogP) is 5.96. The van der Waals surface area contributed by atoms with Gasteiger partial charge in [0.05, 0.1) is 22.1 Å². The highest BCUT2D eigenvalue weighted by atomic mass is 16.1. The molecule has 2 aromatic heterocycles. The zero-order valence-electron chi connectivity index (χ0n) is 26.0. The number of para-hydroxylation sites is 4. The molecular weight excluding hydrogens is 564 g/mol. The van der Waals surface area contributed by atoms with Crippen LogP contribution in [0.2, 0.25) is 0 Å². The average molecular weight is 601 g/mol. The molecule has 45 heavy (non-hydrogen) atoms. The minimum atomic E-state index is -0.181. The van der Waals surface area contributed by atoms with E-state index < -0.39 is 0 Å². The highest BCUT2D eigenvalue weighted by molar-refractivity contribution is 5.77. The second-order valence-electron chi connectivity index (χ2n) is 10.6. The first-order valence-corrected chi connectivity index (χ1v) is 14.3. The maximum atomic E-state index is 12.0. The molecule has 0 unspecified atom stereocenters. The first kappa shape index (κ1) is 32.1. The number of fused-ring (bicyclic) bond motifs is 2. The van der Waals surface area contributed by atoms with Crippen LogP contribution in [0.1, 0.15) is 27.3 Å². The molecule has 2 N–H and O–H groups in total. The molecule has 0 spiro atoms. The third-order valence-corrected chi connectivity index (χ3v) is 6.78. The summed E-state index contributed by atoms with van der Waals surface area (Å²) in [6, 6.07) is 30.5. The van der Waals surface area contributed by atoms with Crippen molar-refractivity contribution >= 4 is 51.9 Å². The summed E-state index contributed by atoms with van der Waals surface area (Å²) in [5.74, 6) is 0. The lowest BCUT2D eigenvalue weighted by Gasteiger charge is -2.11. The van der Waals surface area contributed by atoms with Crippen molar-refractivity contribution < 1.29 is 4.79 Å². The first-order chi connectivity index (χ1) is 21.6. The third-order valence-electron chi connectivity index (χ3n) is 6.78. The summed E-state index contributed by atoms with van der Waals surface area (Å²) >= 11 is 0. The number of aryl methyl sites for hydroxylation is 1. The molecule has 0 saturated carbocycles. The van der Waals surface area contributed by atoms with Gasteiger partial charge >= 0.3 is 0 Å². The Hall–Kier alpha value is -5.83. The maximum Gasteiger partial charge on any atom is 0.274 e. The minimum absolute atomic E-state index is 0.117. The first-order valence-electron chi connectivity index (χ1n) is 14.3. The number of anilines is 2. The van der Waals surface area contributed by atoms with Gasteiger partial charge in [0.15, 0.2) is 0 Å². The van der Waals surface area contributed by atoms with Crippen LogP contribution in [0.15, 0.2) is 107 Å². The number of nitrogens with one attached hydrogen (secondary N) is 2. The van der Waals surface area contributed by atoms with Crippen molar-refractivity contribution in [2.24, 2.45) is 0 Å². The van der Waals surface area contributed by atoms with E-state index in [1.807, 2.05) is 141 Å². The van der Waals surface area contributed by atoms with Gasteiger partial charge in [-0.05, 0) is 79.2 Å². The molecule has 0 radical (unpaired) electrons. The molecule has 2 heterocycles. The summed E-state index contributed by atoms with van der Waals surface area (Å²) in [5, 5.41) is 0. The Bertz CT molecular complexity index is 2030. The van der Waals surface area contributed by atoms with Crippen molar-refractivity contribution in [2.45, 2.75) is 6.92 Å². The molecular formula is C36H36N6O3. The van der Waals surface area contributed by atoms with Gasteiger partial charge in [-0.25, -0.2) is 9.97 Å². The lowest BCUT2D eigenvalue weighted by atomic mass is 10.1. The number of nitrogens with zero attached hydrogens (tertiary/aromatic N) is 4. The van der Waals surface area contributed by atoms with Crippen LogP contribution in [0.4, 0.5) is 11.4 Å². The fraction of sp³-hybridized carbons (Fsp3) is 0.139. The third kappa shape index (κ3) is 8.84. The van der Waals surface area contributed by atoms with E-state index in [0.29, 0.717) is 11.4 Å². The van der Waals surface area contributed by atoms with Crippen molar-refractivity contribution in [3.63, 3.8) is 0 Å². The van der Waals surface area contributed by atoms with E-state index in [-0.39, 0.29) is 11.1 Å². The molecule has 0 aliphatic heterocycles. The zero-order chi connectivity index (χ0) is 32.3. The Balaban J connectivity index is 0.000000169. The SMILES string of the molecule is CN(C)c1ccc(/C=C/c2nc3ccccc3[nH]c2=O)cc1.CN(C)c1ccc(C=O)cc1.Cc1nc2ccccc2[nH]c1=O. The number of rotatable bonds is 5. The van der Waals surface area contributed by atoms with E-state index in [9.17, 15) is 14.4 Å². The number of hydrogen-bond donors (Lipinski definition) is 2. The fourth-order valence-corrected chi connectivity index (χ4v) is 4.19. The minimum Gasteiger partial charge on any atom is -0.378 e. The largest absolute Gasteiger partial charge is 0.378 e. The van der Waals surface area contributed by atoms with Crippen molar-refractivity contribution in [3.05, 3.63) is 140 Å². The van der Waals surface area contributed by atoms with Crippen molar-refractivity contribution in [1.82, 2.24) is 19.9 Å². The van der Waals surface area contributed by atoms with Gasteiger partial charge < -0.3 is 19.8 Å². The number of aromatic amines is 2. The van der Waals surface area contributed by atoms with Crippen molar-refractivity contribution in [3.8, 4) is 0 Å². The molecule has 0 aliphatic rings. The zero-order valence-corrected chi connectivity index (χ0v) is 26.0. The summed E-state index contributed by atoms with van der Waals surface area (Å²) in [5.41, 5.74) is 7.76. The maximum absolute atomic E-state index is 12.0. The molecule has 4 aromatic carbocycles. The standard InChI is InChI=1S/C18H17N3O.C9H8N2O.C9H11NO/c1-21(2)14-10-7-13(8-11-14)9-12-17-18(22)20-16-6-4-3-5-15(16)19-17;1-6-9(12)11-8-5-3-2-4-7(8)10-6;1-10(2)9-5-3-8(7-11)4-6-9/h3-12H,1-2H3,(H,20,22);2-5H,1H3,(H,11,12);3-7H,1-2H3/b12-9+;;. The number of benzene rings is 4. The number of hydrogen-bond acceptors (Lipinski definition) is 7. The van der Waals surface area contributed by atoms with E-state index in [4.69, 9.17) is 0 Å². The Morgan fingerprint density at radius 1 is 0.578 bits per heavy atom. The van der Waals surface area contributed by atoms with E-state index in [0.717, 1.165) is 50.9 Å². The van der Waals surface area contributed by atoms with Gasteiger partial charge in [-0.2, -0.15) is 0 Å². The normalized spacial score (nSPS) is 10.5. The molecule has 0 bridgehead atoms. The second-order valence-corrected chi connectivity index (χ2v) is 10.6. The molecule has 6 aromatic rings. The van der Waals surface area contributed by atoms with Gasteiger partial charge in [0.25, 0.3) is 11.1 Å². The average Bonchev–Trinajstić information content (AvgIpc) is 3.05. The second kappa shape index (κ2) is 15.1. The molecule has 6 rings (SSSR count). The number of carbonyl (C=O) groups is 1. The Morgan fingerprint density at radius 2 is 1.04 bits per heavy atom. The van der Waals surface area contributed by atoms with Crippen LogP contribution in [0.25, 0.3) is 34.2 Å². The van der Waals surface area contributed by atoms with E-state index in [1.165, 1.54) is 0 Å². The van der Waals surface area contributed by atoms with E-state index in [2.05, 4.69) is 19.9 Å². The number of aromatic nitrogens is 4. The van der Waals surface area contributed by atoms with Crippen LogP contribution in [-0.2, 0) is 0 Å². The summed E-state index contributed by atoms with van der Waals surface area (Å²) in [4.78, 5) is 51.6. The van der Waals surface area contributed by atoms with Gasteiger partial charge in [-0.15, -0.1) is 0 Å². The summed E-state index contributed by atoms with van der Waals surface area (Å²) in [6.07, 6.45) is 4.49. The monoisotopic (exact) mass is 600 g/mol. The van der Waals surface area contributed by atoms with Crippen LogP contribution in [-0.4, -0.2) is 54.4 Å². The van der Waals surface area contributed by atoms with Crippen LogP contribution < -0.4 is 20.9 Å². The molecule has 9 heteroatoms. The van der Waals surface area contributed by atoms with Crippen molar-refractivity contribution in [1.29, 1.82) is 0 Å². The highest BCUT2D eigenvalue weighted by Crippen LogP contribution is 2.14. The smallest absolute Gasteiger partial charge is 0.274 e. The summed E-state index contributed by atoms with van der Waals surface area (Å²) in [7, 11) is 7.94. The summed E-state index contributed by atoms with van der Waals surface area (Å²) in [6.45, 7) is 1.70. The Morgan fingerprint density at radius 3 is 1.56 bits per heavy atom. The lowest BCUT2D eigenvalue weighted by Crippen LogP contribution is -2.11. The predicted molar refractivity (Wildman–Crippen MR) is 185 cm³/mol. The topological polar surface area (TPSA) is 115 Å². The van der Waals surface area contributed by atoms with Gasteiger partial charge in [-0.3, -0.25) is 14.4 Å².